The highest BCUT2D eigenvalue weighted by molar-refractivity contribution is 6.21. The molecule has 1 aliphatic heterocycles. The van der Waals surface area contributed by atoms with E-state index in [9.17, 15) is 14.4 Å². The van der Waals surface area contributed by atoms with Crippen LogP contribution in [-0.4, -0.2) is 18.1 Å². The molecule has 4 heteroatoms. The van der Waals surface area contributed by atoms with Gasteiger partial charge in [0.2, 0.25) is 11.8 Å². The summed E-state index contributed by atoms with van der Waals surface area (Å²) in [6.45, 7) is 1.66. The van der Waals surface area contributed by atoms with Gasteiger partial charge in [0, 0.05) is 12.3 Å². The van der Waals surface area contributed by atoms with Crippen LogP contribution in [0.15, 0.2) is 30.3 Å². The van der Waals surface area contributed by atoms with Crippen molar-refractivity contribution in [2.75, 3.05) is 4.90 Å². The molecule has 4 nitrogen and oxygen atoms in total. The molecule has 0 aliphatic carbocycles. The van der Waals surface area contributed by atoms with E-state index in [-0.39, 0.29) is 18.2 Å². The number of benzene rings is 1. The average molecular weight is 231 g/mol. The number of hydrogen-bond donors (Lipinski definition) is 0. The van der Waals surface area contributed by atoms with E-state index in [0.29, 0.717) is 5.69 Å². The first kappa shape index (κ1) is 11.5. The minimum absolute atomic E-state index is 0.119. The zero-order chi connectivity index (χ0) is 12.4. The molecule has 0 saturated carbocycles. The molecule has 1 saturated heterocycles. The molecule has 1 aromatic rings. The largest absolute Gasteiger partial charge is 0.303 e. The minimum atomic E-state index is -0.514. The van der Waals surface area contributed by atoms with Crippen molar-refractivity contribution in [3.05, 3.63) is 30.3 Å². The highest BCUT2D eigenvalue weighted by Gasteiger charge is 2.41. The van der Waals surface area contributed by atoms with Gasteiger partial charge in [0.15, 0.2) is 0 Å². The number of carbonyl (C=O) groups is 3. The molecule has 1 aromatic carbocycles. The Balaban J connectivity index is 2.29. The number of imide groups is 1. The lowest BCUT2D eigenvalue weighted by molar-refractivity contribution is -0.125. The normalized spacial score (nSPS) is 21.7. The number of anilines is 1. The first-order valence-corrected chi connectivity index (χ1v) is 5.52. The van der Waals surface area contributed by atoms with Crippen LogP contribution in [0.25, 0.3) is 0 Å². The van der Waals surface area contributed by atoms with E-state index in [4.69, 9.17) is 0 Å². The van der Waals surface area contributed by atoms with E-state index in [2.05, 4.69) is 0 Å². The van der Waals surface area contributed by atoms with E-state index < -0.39 is 11.8 Å². The maximum atomic E-state index is 12.1. The first-order valence-electron chi connectivity index (χ1n) is 5.52. The van der Waals surface area contributed by atoms with Crippen molar-refractivity contribution in [3.8, 4) is 0 Å². The minimum Gasteiger partial charge on any atom is -0.303 e. The van der Waals surface area contributed by atoms with Gasteiger partial charge in [0.1, 0.15) is 6.29 Å². The summed E-state index contributed by atoms with van der Waals surface area (Å²) in [5, 5.41) is 0. The number of hydrogen-bond acceptors (Lipinski definition) is 3. The maximum Gasteiger partial charge on any atom is 0.238 e. The molecular weight excluding hydrogens is 218 g/mol. The molecule has 1 unspecified atom stereocenters. The van der Waals surface area contributed by atoms with Crippen LogP contribution < -0.4 is 4.90 Å². The molecule has 0 spiro atoms. The Hall–Kier alpha value is -1.97. The van der Waals surface area contributed by atoms with Crippen LogP contribution in [0.5, 0.6) is 0 Å². The third kappa shape index (κ3) is 1.98. The Morgan fingerprint density at radius 3 is 2.53 bits per heavy atom. The summed E-state index contributed by atoms with van der Waals surface area (Å²) in [5.74, 6) is -1.44. The van der Waals surface area contributed by atoms with Crippen LogP contribution in [0.3, 0.4) is 0 Å². The lowest BCUT2D eigenvalue weighted by atomic mass is 9.94. The van der Waals surface area contributed by atoms with Crippen LogP contribution in [0.2, 0.25) is 0 Å². The molecule has 0 radical (unpaired) electrons. The smallest absolute Gasteiger partial charge is 0.238 e. The molecular formula is C13H13NO3. The maximum absolute atomic E-state index is 12.1. The van der Waals surface area contributed by atoms with Crippen molar-refractivity contribution in [2.45, 2.75) is 13.3 Å². The summed E-state index contributed by atoms with van der Waals surface area (Å²) >= 11 is 0. The van der Waals surface area contributed by atoms with E-state index in [0.717, 1.165) is 6.29 Å². The van der Waals surface area contributed by atoms with E-state index >= 15 is 0 Å². The number of rotatable bonds is 3. The van der Waals surface area contributed by atoms with Crippen molar-refractivity contribution in [3.63, 3.8) is 0 Å². The van der Waals surface area contributed by atoms with Crippen LogP contribution in [0.4, 0.5) is 5.69 Å². The summed E-state index contributed by atoms with van der Waals surface area (Å²) in [7, 11) is 0. The van der Waals surface area contributed by atoms with Gasteiger partial charge >= 0.3 is 0 Å². The van der Waals surface area contributed by atoms with Gasteiger partial charge < -0.3 is 4.79 Å². The van der Waals surface area contributed by atoms with E-state index in [1.54, 1.807) is 31.2 Å². The highest BCUT2D eigenvalue weighted by atomic mass is 16.2. The fourth-order valence-corrected chi connectivity index (χ4v) is 2.01. The average Bonchev–Trinajstić information content (AvgIpc) is 2.65. The van der Waals surface area contributed by atoms with Crippen molar-refractivity contribution in [2.24, 2.45) is 11.8 Å². The summed E-state index contributed by atoms with van der Waals surface area (Å²) < 4.78 is 0. The Labute approximate surface area is 99.2 Å². The molecule has 0 aromatic heterocycles. The van der Waals surface area contributed by atoms with E-state index in [1.165, 1.54) is 4.90 Å². The van der Waals surface area contributed by atoms with Gasteiger partial charge in [-0.3, -0.25) is 14.5 Å². The van der Waals surface area contributed by atoms with Crippen molar-refractivity contribution in [1.29, 1.82) is 0 Å². The number of nitrogens with zero attached hydrogens (tertiary/aromatic N) is 1. The molecule has 88 valence electrons. The summed E-state index contributed by atoms with van der Waals surface area (Å²) in [4.78, 5) is 35.7. The zero-order valence-corrected chi connectivity index (χ0v) is 9.50. The predicted molar refractivity (Wildman–Crippen MR) is 62.3 cm³/mol. The van der Waals surface area contributed by atoms with Crippen LogP contribution in [0.1, 0.15) is 13.3 Å². The quantitative estimate of drug-likeness (QED) is 0.583. The molecule has 17 heavy (non-hydrogen) atoms. The standard InChI is InChI=1S/C13H13NO3/c1-9(8-15)11-7-12(16)14(13(11)17)10-5-3-2-4-6-10/h2-6,8-9,11H,7H2,1H3/t9?,11-/m0/s1. The summed E-state index contributed by atoms with van der Waals surface area (Å²) in [5.41, 5.74) is 0.572. The van der Waals surface area contributed by atoms with Crippen LogP contribution in [-0.2, 0) is 14.4 Å². The summed E-state index contributed by atoms with van der Waals surface area (Å²) in [6.07, 6.45) is 0.845. The molecule has 2 amide bonds. The Morgan fingerprint density at radius 1 is 1.29 bits per heavy atom. The molecule has 2 atom stereocenters. The van der Waals surface area contributed by atoms with Gasteiger partial charge in [-0.25, -0.2) is 0 Å². The molecule has 1 aliphatic rings. The zero-order valence-electron chi connectivity index (χ0n) is 9.50. The van der Waals surface area contributed by atoms with Gasteiger partial charge in [-0.15, -0.1) is 0 Å². The van der Waals surface area contributed by atoms with Gasteiger partial charge in [0.05, 0.1) is 11.6 Å². The van der Waals surface area contributed by atoms with Gasteiger partial charge in [0.25, 0.3) is 0 Å². The van der Waals surface area contributed by atoms with Crippen molar-refractivity contribution >= 4 is 23.8 Å². The number of para-hydroxylation sites is 1. The fourth-order valence-electron chi connectivity index (χ4n) is 2.01. The number of carbonyl (C=O) groups excluding carboxylic acids is 3. The lowest BCUT2D eigenvalue weighted by Gasteiger charge is -2.15. The van der Waals surface area contributed by atoms with Crippen LogP contribution in [0, 0.1) is 11.8 Å². The second-order valence-corrected chi connectivity index (χ2v) is 4.21. The van der Waals surface area contributed by atoms with Gasteiger partial charge in [-0.05, 0) is 12.1 Å². The second kappa shape index (κ2) is 4.49. The third-order valence-corrected chi connectivity index (χ3v) is 3.05. The Bertz CT molecular complexity index is 455. The lowest BCUT2D eigenvalue weighted by Crippen LogP contribution is -2.32. The van der Waals surface area contributed by atoms with Crippen molar-refractivity contribution < 1.29 is 14.4 Å². The van der Waals surface area contributed by atoms with Gasteiger partial charge in [-0.1, -0.05) is 25.1 Å². The third-order valence-electron chi connectivity index (χ3n) is 3.05. The highest BCUT2D eigenvalue weighted by Crippen LogP contribution is 2.29. The van der Waals surface area contributed by atoms with Gasteiger partial charge in [-0.2, -0.15) is 0 Å². The fraction of sp³-hybridized carbons (Fsp3) is 0.308. The summed E-state index contributed by atoms with van der Waals surface area (Å²) in [6, 6.07) is 8.78. The first-order chi connectivity index (χ1) is 8.15. The molecule has 1 fully saturated rings. The molecule has 0 N–H and O–H groups in total. The second-order valence-electron chi connectivity index (χ2n) is 4.21. The predicted octanol–water partition coefficient (Wildman–Crippen LogP) is 1.40. The van der Waals surface area contributed by atoms with E-state index in [1.807, 2.05) is 6.07 Å². The number of aldehydes is 1. The van der Waals surface area contributed by atoms with Crippen molar-refractivity contribution in [1.82, 2.24) is 0 Å². The molecule has 2 rings (SSSR count). The molecule has 1 heterocycles. The Morgan fingerprint density at radius 2 is 1.94 bits per heavy atom. The Kier molecular flexibility index (Phi) is 3.04. The monoisotopic (exact) mass is 231 g/mol. The number of amides is 2. The van der Waals surface area contributed by atoms with Crippen LogP contribution >= 0.6 is 0 Å². The SMILES string of the molecule is CC(C=O)[C@@H]1CC(=O)N(c2ccccc2)C1=O. The molecule has 0 bridgehead atoms. The topological polar surface area (TPSA) is 54.5 Å².